The lowest BCUT2D eigenvalue weighted by molar-refractivity contribution is -0.000278. The van der Waals surface area contributed by atoms with Gasteiger partial charge in [0.05, 0.1) is 0 Å². The normalized spacial score (nSPS) is 24.1. The molecule has 0 radical (unpaired) electrons. The highest BCUT2D eigenvalue weighted by Crippen LogP contribution is 2.32. The molecule has 1 aliphatic rings. The Labute approximate surface area is 91.3 Å². The highest BCUT2D eigenvalue weighted by Gasteiger charge is 2.34. The zero-order valence-electron chi connectivity index (χ0n) is 9.29. The molecule has 0 aliphatic carbocycles. The van der Waals surface area contributed by atoms with Gasteiger partial charge in [0.25, 0.3) is 0 Å². The van der Waals surface area contributed by atoms with Gasteiger partial charge < -0.3 is 5.11 Å². The first-order valence-electron chi connectivity index (χ1n) is 5.82. The van der Waals surface area contributed by atoms with E-state index in [1.807, 2.05) is 18.2 Å². The number of fused-ring (bicyclic) bond motifs is 1. The van der Waals surface area contributed by atoms with Crippen molar-refractivity contribution in [3.05, 3.63) is 35.4 Å². The summed E-state index contributed by atoms with van der Waals surface area (Å²) in [5.41, 5.74) is 1.53. The maximum absolute atomic E-state index is 10.5. The minimum Gasteiger partial charge on any atom is -0.372 e. The second-order valence-electron chi connectivity index (χ2n) is 4.33. The number of hydrogen-bond acceptors (Lipinski definition) is 2. The van der Waals surface area contributed by atoms with Gasteiger partial charge in [-0.3, -0.25) is 5.32 Å². The molecule has 0 amide bonds. The second kappa shape index (κ2) is 4.33. The van der Waals surface area contributed by atoms with Gasteiger partial charge in [-0.2, -0.15) is 0 Å². The average Bonchev–Trinajstić information content (AvgIpc) is 2.59. The molecule has 1 aromatic carbocycles. The minimum absolute atomic E-state index is 0.772. The number of hydrogen-bond donors (Lipinski definition) is 2. The molecule has 0 bridgehead atoms. The van der Waals surface area contributed by atoms with Crippen LogP contribution in [-0.2, 0) is 12.3 Å². The van der Waals surface area contributed by atoms with Crippen LogP contribution in [0.15, 0.2) is 24.3 Å². The summed E-state index contributed by atoms with van der Waals surface area (Å²) >= 11 is 0. The molecular weight excluding hydrogens is 186 g/mol. The standard InChI is InChI=1S/C13H19NO/c1-2-3-6-9-13(15)12-8-5-4-7-11(12)10-14-13/h4-5,7-8,14-15H,2-3,6,9-10H2,1H3. The summed E-state index contributed by atoms with van der Waals surface area (Å²) in [5, 5.41) is 13.7. The van der Waals surface area contributed by atoms with Crippen molar-refractivity contribution in [2.24, 2.45) is 0 Å². The fraction of sp³-hybridized carbons (Fsp3) is 0.538. The third kappa shape index (κ3) is 2.06. The lowest BCUT2D eigenvalue weighted by Crippen LogP contribution is -2.36. The molecule has 0 fully saturated rings. The Morgan fingerprint density at radius 1 is 1.33 bits per heavy atom. The van der Waals surface area contributed by atoms with Gasteiger partial charge in [0, 0.05) is 12.1 Å². The highest BCUT2D eigenvalue weighted by atomic mass is 16.3. The van der Waals surface area contributed by atoms with Crippen LogP contribution >= 0.6 is 0 Å². The predicted octanol–water partition coefficient (Wildman–Crippen LogP) is 2.52. The molecule has 0 spiro atoms. The van der Waals surface area contributed by atoms with E-state index < -0.39 is 5.72 Å². The second-order valence-corrected chi connectivity index (χ2v) is 4.33. The number of nitrogens with one attached hydrogen (secondary N) is 1. The molecule has 2 nitrogen and oxygen atoms in total. The lowest BCUT2D eigenvalue weighted by Gasteiger charge is -2.24. The number of unbranched alkanes of at least 4 members (excludes halogenated alkanes) is 2. The van der Waals surface area contributed by atoms with Crippen LogP contribution in [0.25, 0.3) is 0 Å². The topological polar surface area (TPSA) is 32.3 Å². The molecule has 2 heteroatoms. The maximum Gasteiger partial charge on any atom is 0.142 e. The quantitative estimate of drug-likeness (QED) is 0.740. The Bertz CT molecular complexity index is 337. The van der Waals surface area contributed by atoms with Crippen LogP contribution in [-0.4, -0.2) is 5.11 Å². The van der Waals surface area contributed by atoms with E-state index in [0.29, 0.717) is 0 Å². The smallest absolute Gasteiger partial charge is 0.142 e. The first-order valence-corrected chi connectivity index (χ1v) is 5.82. The SMILES string of the molecule is CCCCCC1(O)NCc2ccccc21. The largest absolute Gasteiger partial charge is 0.372 e. The van der Waals surface area contributed by atoms with E-state index in [9.17, 15) is 5.11 Å². The summed E-state index contributed by atoms with van der Waals surface area (Å²) in [7, 11) is 0. The minimum atomic E-state index is -0.772. The van der Waals surface area contributed by atoms with Gasteiger partial charge in [0.15, 0.2) is 0 Å². The summed E-state index contributed by atoms with van der Waals surface area (Å²) < 4.78 is 0. The fourth-order valence-corrected chi connectivity index (χ4v) is 2.27. The van der Waals surface area contributed by atoms with Gasteiger partial charge in [0.2, 0.25) is 0 Å². The van der Waals surface area contributed by atoms with Gasteiger partial charge in [-0.25, -0.2) is 0 Å². The molecule has 2 rings (SSSR count). The lowest BCUT2D eigenvalue weighted by atomic mass is 9.96. The Kier molecular flexibility index (Phi) is 3.08. The van der Waals surface area contributed by atoms with Crippen molar-refractivity contribution in [3.8, 4) is 0 Å². The van der Waals surface area contributed by atoms with E-state index in [2.05, 4.69) is 18.3 Å². The van der Waals surface area contributed by atoms with Crippen molar-refractivity contribution in [3.63, 3.8) is 0 Å². The summed E-state index contributed by atoms with van der Waals surface area (Å²) in [4.78, 5) is 0. The van der Waals surface area contributed by atoms with Crippen molar-refractivity contribution >= 4 is 0 Å². The molecule has 0 saturated carbocycles. The van der Waals surface area contributed by atoms with Crippen LogP contribution in [0.4, 0.5) is 0 Å². The monoisotopic (exact) mass is 205 g/mol. The van der Waals surface area contributed by atoms with Crippen molar-refractivity contribution < 1.29 is 5.11 Å². The summed E-state index contributed by atoms with van der Waals surface area (Å²) in [6.45, 7) is 2.97. The summed E-state index contributed by atoms with van der Waals surface area (Å²) in [6.07, 6.45) is 4.27. The van der Waals surface area contributed by atoms with Gasteiger partial charge in [0.1, 0.15) is 5.72 Å². The molecule has 1 aliphatic heterocycles. The number of benzene rings is 1. The molecule has 2 N–H and O–H groups in total. The van der Waals surface area contributed by atoms with E-state index in [1.165, 1.54) is 18.4 Å². The van der Waals surface area contributed by atoms with Crippen LogP contribution in [0.1, 0.15) is 43.7 Å². The van der Waals surface area contributed by atoms with Crippen molar-refractivity contribution in [1.82, 2.24) is 5.32 Å². The molecule has 1 unspecified atom stereocenters. The van der Waals surface area contributed by atoms with E-state index in [1.54, 1.807) is 0 Å². The Balaban J connectivity index is 2.10. The van der Waals surface area contributed by atoms with E-state index in [-0.39, 0.29) is 0 Å². The number of aliphatic hydroxyl groups is 1. The van der Waals surface area contributed by atoms with Crippen LogP contribution in [0.2, 0.25) is 0 Å². The summed E-state index contributed by atoms with van der Waals surface area (Å²) in [5.74, 6) is 0. The highest BCUT2D eigenvalue weighted by molar-refractivity contribution is 5.35. The van der Waals surface area contributed by atoms with Gasteiger partial charge in [-0.05, 0) is 18.4 Å². The maximum atomic E-state index is 10.5. The Morgan fingerprint density at radius 3 is 2.93 bits per heavy atom. The Hall–Kier alpha value is -0.860. The first-order chi connectivity index (χ1) is 7.26. The third-order valence-corrected chi connectivity index (χ3v) is 3.18. The summed E-state index contributed by atoms with van der Waals surface area (Å²) in [6, 6.07) is 8.14. The molecule has 1 aromatic rings. The molecular formula is C13H19NO. The molecule has 1 heterocycles. The molecule has 0 aromatic heterocycles. The zero-order chi connectivity index (χ0) is 10.7. The van der Waals surface area contributed by atoms with Gasteiger partial charge in [-0.1, -0.05) is 44.0 Å². The average molecular weight is 205 g/mol. The fourth-order valence-electron chi connectivity index (χ4n) is 2.27. The van der Waals surface area contributed by atoms with Crippen molar-refractivity contribution in [2.75, 3.05) is 0 Å². The van der Waals surface area contributed by atoms with Crippen LogP contribution in [0.3, 0.4) is 0 Å². The van der Waals surface area contributed by atoms with E-state index in [4.69, 9.17) is 0 Å². The molecule has 0 saturated heterocycles. The van der Waals surface area contributed by atoms with E-state index in [0.717, 1.165) is 24.9 Å². The van der Waals surface area contributed by atoms with Gasteiger partial charge in [-0.15, -0.1) is 0 Å². The van der Waals surface area contributed by atoms with Crippen LogP contribution < -0.4 is 5.32 Å². The molecule has 82 valence electrons. The van der Waals surface area contributed by atoms with Crippen LogP contribution in [0.5, 0.6) is 0 Å². The Morgan fingerprint density at radius 2 is 2.13 bits per heavy atom. The molecule has 1 atom stereocenters. The van der Waals surface area contributed by atoms with E-state index >= 15 is 0 Å². The third-order valence-electron chi connectivity index (χ3n) is 3.18. The predicted molar refractivity (Wildman–Crippen MR) is 61.3 cm³/mol. The number of rotatable bonds is 4. The van der Waals surface area contributed by atoms with Crippen molar-refractivity contribution in [1.29, 1.82) is 0 Å². The van der Waals surface area contributed by atoms with Crippen LogP contribution in [0, 0.1) is 0 Å². The van der Waals surface area contributed by atoms with Crippen molar-refractivity contribution in [2.45, 2.75) is 44.9 Å². The van der Waals surface area contributed by atoms with Gasteiger partial charge >= 0.3 is 0 Å². The molecule has 15 heavy (non-hydrogen) atoms. The zero-order valence-corrected chi connectivity index (χ0v) is 9.29. The first kappa shape index (κ1) is 10.7.